The number of hydrogen-bond acceptors (Lipinski definition) is 1. The summed E-state index contributed by atoms with van der Waals surface area (Å²) in [5, 5.41) is 4.97. The molecule has 0 aliphatic heterocycles. The van der Waals surface area contributed by atoms with Crippen molar-refractivity contribution in [2.24, 2.45) is 0 Å². The minimum Gasteiger partial charge on any atom is -0.306 e. The maximum atomic E-state index is 6.23. The van der Waals surface area contributed by atoms with Crippen molar-refractivity contribution < 1.29 is 0 Å². The molecule has 2 rings (SSSR count). The molecule has 0 saturated heterocycles. The molecule has 0 saturated carbocycles. The summed E-state index contributed by atoms with van der Waals surface area (Å²) in [6.45, 7) is 7.16. The number of benzene rings is 2. The molecule has 0 bridgehead atoms. The van der Waals surface area contributed by atoms with Gasteiger partial charge in [-0.25, -0.2) is 0 Å². The second-order valence-corrected chi connectivity index (χ2v) is 6.04. The van der Waals surface area contributed by atoms with Crippen molar-refractivity contribution in [2.75, 3.05) is 0 Å². The first-order chi connectivity index (χ1) is 9.47. The number of rotatable bonds is 4. The van der Waals surface area contributed by atoms with Crippen LogP contribution in [0.25, 0.3) is 0 Å². The summed E-state index contributed by atoms with van der Waals surface area (Å²) in [5.41, 5.74) is 4.92. The van der Waals surface area contributed by atoms with Crippen molar-refractivity contribution in [1.29, 1.82) is 0 Å². The summed E-state index contributed by atoms with van der Waals surface area (Å²) >= 11 is 12.3. The van der Waals surface area contributed by atoms with Crippen LogP contribution in [0.4, 0.5) is 0 Å². The lowest BCUT2D eigenvalue weighted by Crippen LogP contribution is -2.19. The molecule has 0 heterocycles. The normalized spacial score (nSPS) is 12.4. The molecule has 0 aromatic heterocycles. The summed E-state index contributed by atoms with van der Waals surface area (Å²) in [5.74, 6) is 0. The number of halogens is 2. The van der Waals surface area contributed by atoms with Gasteiger partial charge in [-0.1, -0.05) is 47.0 Å². The smallest absolute Gasteiger partial charge is 0.0454 e. The molecule has 3 heteroatoms. The topological polar surface area (TPSA) is 12.0 Å². The Hall–Kier alpha value is -1.02. The Kier molecular flexibility index (Phi) is 5.09. The van der Waals surface area contributed by atoms with E-state index >= 15 is 0 Å². The van der Waals surface area contributed by atoms with Crippen LogP contribution in [0.3, 0.4) is 0 Å². The molecule has 1 nitrogen and oxygen atoms in total. The summed E-state index contributed by atoms with van der Waals surface area (Å²) in [4.78, 5) is 0. The first kappa shape index (κ1) is 15.4. The maximum Gasteiger partial charge on any atom is 0.0454 e. The van der Waals surface area contributed by atoms with Crippen molar-refractivity contribution in [1.82, 2.24) is 5.32 Å². The first-order valence-electron chi connectivity index (χ1n) is 6.72. The average Bonchev–Trinajstić information content (AvgIpc) is 2.42. The van der Waals surface area contributed by atoms with Crippen LogP contribution in [0.1, 0.15) is 35.2 Å². The number of hydrogen-bond donors (Lipinski definition) is 1. The van der Waals surface area contributed by atoms with E-state index in [1.165, 1.54) is 16.7 Å². The maximum absolute atomic E-state index is 6.23. The molecular weight excluding hydrogens is 289 g/mol. The van der Waals surface area contributed by atoms with E-state index < -0.39 is 0 Å². The Morgan fingerprint density at radius 1 is 1.05 bits per heavy atom. The molecular formula is C17H19Cl2N. The lowest BCUT2D eigenvalue weighted by atomic mass is 10.0. The van der Waals surface area contributed by atoms with Crippen LogP contribution in [0.2, 0.25) is 10.0 Å². The van der Waals surface area contributed by atoms with Crippen LogP contribution >= 0.6 is 23.2 Å². The SMILES string of the molecule is Cc1ccc(C)c(CNC(C)c2cc(Cl)ccc2Cl)c1. The molecule has 1 atom stereocenters. The fraction of sp³-hybridized carbons (Fsp3) is 0.294. The molecule has 0 radical (unpaired) electrons. The van der Waals surface area contributed by atoms with E-state index in [-0.39, 0.29) is 6.04 Å². The molecule has 0 amide bonds. The largest absolute Gasteiger partial charge is 0.306 e. The molecule has 0 fully saturated rings. The van der Waals surface area contributed by atoms with Gasteiger partial charge < -0.3 is 5.32 Å². The zero-order chi connectivity index (χ0) is 14.7. The summed E-state index contributed by atoms with van der Waals surface area (Å²) in [6.07, 6.45) is 0. The van der Waals surface area contributed by atoms with E-state index in [9.17, 15) is 0 Å². The first-order valence-corrected chi connectivity index (χ1v) is 7.47. The second kappa shape index (κ2) is 6.62. The van der Waals surface area contributed by atoms with Crippen molar-refractivity contribution >= 4 is 23.2 Å². The Morgan fingerprint density at radius 3 is 2.55 bits per heavy atom. The van der Waals surface area contributed by atoms with Crippen LogP contribution in [-0.4, -0.2) is 0 Å². The van der Waals surface area contributed by atoms with Crippen LogP contribution in [-0.2, 0) is 6.54 Å². The highest BCUT2D eigenvalue weighted by Gasteiger charge is 2.10. The molecule has 1 unspecified atom stereocenters. The molecule has 20 heavy (non-hydrogen) atoms. The van der Waals surface area contributed by atoms with E-state index in [0.717, 1.165) is 17.1 Å². The highest BCUT2D eigenvalue weighted by atomic mass is 35.5. The number of nitrogens with one attached hydrogen (secondary N) is 1. The van der Waals surface area contributed by atoms with Crippen LogP contribution in [0, 0.1) is 13.8 Å². The minimum atomic E-state index is 0.154. The highest BCUT2D eigenvalue weighted by Crippen LogP contribution is 2.26. The van der Waals surface area contributed by atoms with Crippen molar-refractivity contribution in [3.05, 3.63) is 68.7 Å². The van der Waals surface area contributed by atoms with Gasteiger partial charge in [0, 0.05) is 22.6 Å². The predicted octanol–water partition coefficient (Wildman–Crippen LogP) is 5.46. The zero-order valence-corrected chi connectivity index (χ0v) is 13.5. The van der Waals surface area contributed by atoms with E-state index in [4.69, 9.17) is 23.2 Å². The quantitative estimate of drug-likeness (QED) is 0.790. The Morgan fingerprint density at radius 2 is 1.80 bits per heavy atom. The lowest BCUT2D eigenvalue weighted by Gasteiger charge is -2.17. The molecule has 1 N–H and O–H groups in total. The van der Waals surface area contributed by atoms with Gasteiger partial charge in [-0.15, -0.1) is 0 Å². The number of aryl methyl sites for hydroxylation is 2. The van der Waals surface area contributed by atoms with Gasteiger partial charge in [-0.3, -0.25) is 0 Å². The third kappa shape index (κ3) is 3.76. The predicted molar refractivity (Wildman–Crippen MR) is 87.6 cm³/mol. The molecule has 0 aliphatic rings. The average molecular weight is 308 g/mol. The Bertz CT molecular complexity index is 608. The molecule has 2 aromatic carbocycles. The van der Waals surface area contributed by atoms with Gasteiger partial charge in [0.05, 0.1) is 0 Å². The van der Waals surface area contributed by atoms with Crippen molar-refractivity contribution in [3.8, 4) is 0 Å². The molecule has 2 aromatic rings. The summed E-state index contributed by atoms with van der Waals surface area (Å²) < 4.78 is 0. The fourth-order valence-electron chi connectivity index (χ4n) is 2.21. The van der Waals surface area contributed by atoms with Gasteiger partial charge in [0.1, 0.15) is 0 Å². The van der Waals surface area contributed by atoms with Crippen LogP contribution < -0.4 is 5.32 Å². The van der Waals surface area contributed by atoms with Gasteiger partial charge in [0.2, 0.25) is 0 Å². The van der Waals surface area contributed by atoms with Crippen molar-refractivity contribution in [3.63, 3.8) is 0 Å². The standard InChI is InChI=1S/C17H19Cl2N/c1-11-4-5-12(2)14(8-11)10-20-13(3)16-9-15(18)6-7-17(16)19/h4-9,13,20H,10H2,1-3H3. The molecule has 0 spiro atoms. The summed E-state index contributed by atoms with van der Waals surface area (Å²) in [7, 11) is 0. The highest BCUT2D eigenvalue weighted by molar-refractivity contribution is 6.33. The van der Waals surface area contributed by atoms with Gasteiger partial charge in [-0.2, -0.15) is 0 Å². The molecule has 106 valence electrons. The third-order valence-electron chi connectivity index (χ3n) is 3.53. The third-order valence-corrected chi connectivity index (χ3v) is 4.11. The fourth-order valence-corrected chi connectivity index (χ4v) is 2.67. The van der Waals surface area contributed by atoms with Gasteiger partial charge in [0.15, 0.2) is 0 Å². The van der Waals surface area contributed by atoms with Crippen LogP contribution in [0.5, 0.6) is 0 Å². The van der Waals surface area contributed by atoms with Crippen LogP contribution in [0.15, 0.2) is 36.4 Å². The lowest BCUT2D eigenvalue weighted by molar-refractivity contribution is 0.573. The van der Waals surface area contributed by atoms with Crippen molar-refractivity contribution in [2.45, 2.75) is 33.4 Å². The minimum absolute atomic E-state index is 0.154. The summed E-state index contributed by atoms with van der Waals surface area (Å²) in [6, 6.07) is 12.2. The second-order valence-electron chi connectivity index (χ2n) is 5.20. The zero-order valence-electron chi connectivity index (χ0n) is 12.0. The van der Waals surface area contributed by atoms with E-state index in [1.807, 2.05) is 18.2 Å². The van der Waals surface area contributed by atoms with E-state index in [1.54, 1.807) is 0 Å². The van der Waals surface area contributed by atoms with Gasteiger partial charge in [-0.05, 0) is 55.7 Å². The van der Waals surface area contributed by atoms with E-state index in [0.29, 0.717) is 5.02 Å². The Labute approximate surface area is 130 Å². The van der Waals surface area contributed by atoms with E-state index in [2.05, 4.69) is 44.3 Å². The molecule has 0 aliphatic carbocycles. The van der Waals surface area contributed by atoms with Gasteiger partial charge in [0.25, 0.3) is 0 Å². The van der Waals surface area contributed by atoms with Gasteiger partial charge >= 0.3 is 0 Å². The Balaban J connectivity index is 2.10. The monoisotopic (exact) mass is 307 g/mol.